The normalized spacial score (nSPS) is 11.0. The maximum absolute atomic E-state index is 8.90. The average molecular weight is 383 g/mol. The molecule has 2 aromatic carbocycles. The first-order chi connectivity index (χ1) is 13.7. The molecule has 0 fully saturated rings. The Kier molecular flexibility index (Phi) is 9.88. The average Bonchev–Trinajstić information content (AvgIpc) is 2.73. The summed E-state index contributed by atoms with van der Waals surface area (Å²) < 4.78 is 6.11. The van der Waals surface area contributed by atoms with Gasteiger partial charge in [0.2, 0.25) is 0 Å². The van der Waals surface area contributed by atoms with Crippen LogP contribution < -0.4 is 4.74 Å². The zero-order chi connectivity index (χ0) is 20.2. The van der Waals surface area contributed by atoms with E-state index < -0.39 is 0 Å². The van der Waals surface area contributed by atoms with Crippen LogP contribution in [0.1, 0.15) is 77.7 Å². The first-order valence-electron chi connectivity index (χ1n) is 11.2. The van der Waals surface area contributed by atoms with Crippen molar-refractivity contribution in [3.05, 3.63) is 42.0 Å². The number of unbranched alkanes of at least 4 members (excludes halogenated alkanes) is 5. The van der Waals surface area contributed by atoms with Crippen LogP contribution in [0.25, 0.3) is 10.8 Å². The highest BCUT2D eigenvalue weighted by Crippen LogP contribution is 2.29. The zero-order valence-corrected chi connectivity index (χ0v) is 18.1. The number of rotatable bonds is 13. The van der Waals surface area contributed by atoms with Crippen LogP contribution in [0.4, 0.5) is 0 Å². The van der Waals surface area contributed by atoms with Gasteiger partial charge in [0.15, 0.2) is 0 Å². The SMILES string of the molecule is CCCCCCOc1ccc(C(=N)N(CCCC)CCCC)c2ccccc12. The van der Waals surface area contributed by atoms with Gasteiger partial charge < -0.3 is 9.64 Å². The van der Waals surface area contributed by atoms with Gasteiger partial charge in [0.1, 0.15) is 11.6 Å². The molecule has 0 heterocycles. The lowest BCUT2D eigenvalue weighted by molar-refractivity contribution is 0.308. The molecule has 0 bridgehead atoms. The first-order valence-corrected chi connectivity index (χ1v) is 11.2. The second-order valence-corrected chi connectivity index (χ2v) is 7.61. The van der Waals surface area contributed by atoms with Gasteiger partial charge in [0, 0.05) is 24.0 Å². The summed E-state index contributed by atoms with van der Waals surface area (Å²) in [5.41, 5.74) is 1.01. The van der Waals surface area contributed by atoms with Crippen LogP contribution >= 0.6 is 0 Å². The summed E-state index contributed by atoms with van der Waals surface area (Å²) in [5.74, 6) is 1.59. The van der Waals surface area contributed by atoms with E-state index in [-0.39, 0.29) is 0 Å². The Morgan fingerprint density at radius 1 is 0.786 bits per heavy atom. The van der Waals surface area contributed by atoms with Crippen LogP contribution in [0.15, 0.2) is 36.4 Å². The summed E-state index contributed by atoms with van der Waals surface area (Å²) in [6.45, 7) is 9.33. The van der Waals surface area contributed by atoms with Crippen LogP contribution in [0.3, 0.4) is 0 Å². The number of hydrogen-bond donors (Lipinski definition) is 1. The number of nitrogens with zero attached hydrogens (tertiary/aromatic N) is 1. The topological polar surface area (TPSA) is 36.3 Å². The summed E-state index contributed by atoms with van der Waals surface area (Å²) >= 11 is 0. The van der Waals surface area contributed by atoms with Gasteiger partial charge in [-0.2, -0.15) is 0 Å². The molecule has 0 amide bonds. The minimum Gasteiger partial charge on any atom is -0.493 e. The van der Waals surface area contributed by atoms with E-state index in [1.54, 1.807) is 0 Å². The van der Waals surface area contributed by atoms with Crippen molar-refractivity contribution in [2.45, 2.75) is 72.1 Å². The van der Waals surface area contributed by atoms with E-state index in [0.717, 1.165) is 73.9 Å². The van der Waals surface area contributed by atoms with Gasteiger partial charge in [-0.15, -0.1) is 0 Å². The Bertz CT molecular complexity index is 718. The van der Waals surface area contributed by atoms with Crippen LogP contribution in [0.5, 0.6) is 5.75 Å². The second-order valence-electron chi connectivity index (χ2n) is 7.61. The highest BCUT2D eigenvalue weighted by Gasteiger charge is 2.15. The Morgan fingerprint density at radius 3 is 2.07 bits per heavy atom. The molecule has 0 spiro atoms. The van der Waals surface area contributed by atoms with Crippen molar-refractivity contribution >= 4 is 16.6 Å². The third-order valence-electron chi connectivity index (χ3n) is 5.27. The standard InChI is InChI=1S/C25H38N2O/c1-4-7-10-13-20-28-24-17-16-23(21-14-11-12-15-22(21)24)25(26)27(18-8-5-2)19-9-6-3/h11-12,14-17,26H,4-10,13,18-20H2,1-3H3. The van der Waals surface area contributed by atoms with Crippen LogP contribution in [0, 0.1) is 5.41 Å². The van der Waals surface area contributed by atoms with Crippen molar-refractivity contribution in [2.24, 2.45) is 0 Å². The number of benzene rings is 2. The molecule has 154 valence electrons. The molecule has 0 unspecified atom stereocenters. The first kappa shape index (κ1) is 22.3. The monoisotopic (exact) mass is 382 g/mol. The van der Waals surface area contributed by atoms with Crippen molar-refractivity contribution in [2.75, 3.05) is 19.7 Å². The molecule has 1 N–H and O–H groups in total. The molecular formula is C25H38N2O. The molecule has 2 aromatic rings. The van der Waals surface area contributed by atoms with Crippen molar-refractivity contribution < 1.29 is 4.74 Å². The quantitative estimate of drug-likeness (QED) is 0.229. The number of nitrogens with one attached hydrogen (secondary N) is 1. The third-order valence-corrected chi connectivity index (χ3v) is 5.27. The molecule has 0 aliphatic heterocycles. The van der Waals surface area contributed by atoms with Crippen LogP contribution in [-0.2, 0) is 0 Å². The second kappa shape index (κ2) is 12.4. The number of amidine groups is 1. The Hall–Kier alpha value is -2.03. The highest BCUT2D eigenvalue weighted by molar-refractivity contribution is 6.09. The molecule has 0 atom stereocenters. The Balaban J connectivity index is 2.22. The van der Waals surface area contributed by atoms with Gasteiger partial charge in [-0.25, -0.2) is 0 Å². The molecule has 2 rings (SSSR count). The molecule has 0 aliphatic rings. The van der Waals surface area contributed by atoms with E-state index in [1.807, 2.05) is 0 Å². The third kappa shape index (κ3) is 6.25. The van der Waals surface area contributed by atoms with Gasteiger partial charge >= 0.3 is 0 Å². The summed E-state index contributed by atoms with van der Waals surface area (Å²) in [6, 6.07) is 12.5. The fourth-order valence-electron chi connectivity index (χ4n) is 3.52. The van der Waals surface area contributed by atoms with E-state index in [1.165, 1.54) is 19.3 Å². The fraction of sp³-hybridized carbons (Fsp3) is 0.560. The minimum atomic E-state index is 0.646. The lowest BCUT2D eigenvalue weighted by atomic mass is 10.0. The molecule has 28 heavy (non-hydrogen) atoms. The number of fused-ring (bicyclic) bond motifs is 1. The predicted octanol–water partition coefficient (Wildman–Crippen LogP) is 7.03. The summed E-state index contributed by atoms with van der Waals surface area (Å²) in [5, 5.41) is 11.1. The summed E-state index contributed by atoms with van der Waals surface area (Å²) in [4.78, 5) is 2.25. The number of ether oxygens (including phenoxy) is 1. The predicted molar refractivity (Wildman–Crippen MR) is 122 cm³/mol. The maximum Gasteiger partial charge on any atom is 0.128 e. The Labute approximate surface area is 171 Å². The minimum absolute atomic E-state index is 0.646. The molecule has 0 aromatic heterocycles. The molecule has 0 aliphatic carbocycles. The zero-order valence-electron chi connectivity index (χ0n) is 18.1. The van der Waals surface area contributed by atoms with Crippen LogP contribution in [-0.4, -0.2) is 30.4 Å². The molecule has 0 saturated heterocycles. The van der Waals surface area contributed by atoms with Gasteiger partial charge in [0.05, 0.1) is 6.61 Å². The summed E-state index contributed by atoms with van der Waals surface area (Å²) in [6.07, 6.45) is 9.40. The Morgan fingerprint density at radius 2 is 1.43 bits per heavy atom. The molecule has 0 saturated carbocycles. The van der Waals surface area contributed by atoms with E-state index in [2.05, 4.69) is 62.1 Å². The van der Waals surface area contributed by atoms with Crippen molar-refractivity contribution in [1.82, 2.24) is 4.90 Å². The fourth-order valence-corrected chi connectivity index (χ4v) is 3.52. The van der Waals surface area contributed by atoms with E-state index in [9.17, 15) is 0 Å². The van der Waals surface area contributed by atoms with Crippen molar-refractivity contribution in [1.29, 1.82) is 5.41 Å². The maximum atomic E-state index is 8.90. The van der Waals surface area contributed by atoms with Gasteiger partial charge in [-0.05, 0) is 36.8 Å². The van der Waals surface area contributed by atoms with E-state index >= 15 is 0 Å². The largest absolute Gasteiger partial charge is 0.493 e. The number of hydrogen-bond acceptors (Lipinski definition) is 2. The van der Waals surface area contributed by atoms with E-state index in [4.69, 9.17) is 10.1 Å². The van der Waals surface area contributed by atoms with Gasteiger partial charge in [-0.1, -0.05) is 77.1 Å². The molecule has 3 heteroatoms. The molecule has 3 nitrogen and oxygen atoms in total. The lowest BCUT2D eigenvalue weighted by Crippen LogP contribution is -2.33. The smallest absolute Gasteiger partial charge is 0.128 e. The van der Waals surface area contributed by atoms with Crippen molar-refractivity contribution in [3.8, 4) is 5.75 Å². The molecular weight excluding hydrogens is 344 g/mol. The van der Waals surface area contributed by atoms with Crippen molar-refractivity contribution in [3.63, 3.8) is 0 Å². The molecule has 0 radical (unpaired) electrons. The van der Waals surface area contributed by atoms with Gasteiger partial charge in [-0.3, -0.25) is 5.41 Å². The lowest BCUT2D eigenvalue weighted by Gasteiger charge is -2.26. The summed E-state index contributed by atoms with van der Waals surface area (Å²) in [7, 11) is 0. The van der Waals surface area contributed by atoms with Crippen LogP contribution in [0.2, 0.25) is 0 Å². The van der Waals surface area contributed by atoms with Gasteiger partial charge in [0.25, 0.3) is 0 Å². The van der Waals surface area contributed by atoms with E-state index in [0.29, 0.717) is 5.84 Å². The highest BCUT2D eigenvalue weighted by atomic mass is 16.5.